The van der Waals surface area contributed by atoms with Gasteiger partial charge in [0.15, 0.2) is 17.4 Å². The van der Waals surface area contributed by atoms with E-state index in [0.717, 1.165) is 18.1 Å². The minimum Gasteiger partial charge on any atom is -0.491 e. The molecule has 106 valence electrons. The summed E-state index contributed by atoms with van der Waals surface area (Å²) in [6.45, 7) is 5.24. The third kappa shape index (κ3) is 3.23. The molecule has 2 heterocycles. The Labute approximate surface area is 119 Å². The number of aromatic nitrogens is 3. The molecule has 0 fully saturated rings. The van der Waals surface area contributed by atoms with Crippen LogP contribution in [-0.4, -0.2) is 35.7 Å². The van der Waals surface area contributed by atoms with Gasteiger partial charge in [-0.15, -0.1) is 0 Å². The zero-order valence-corrected chi connectivity index (χ0v) is 12.4. The molecule has 2 rings (SSSR count). The van der Waals surface area contributed by atoms with Gasteiger partial charge in [0, 0.05) is 19.8 Å². The number of ether oxygens (including phenoxy) is 1. The van der Waals surface area contributed by atoms with E-state index in [1.165, 1.54) is 0 Å². The average molecular weight is 272 g/mol. The first-order valence-corrected chi connectivity index (χ1v) is 6.65. The van der Waals surface area contributed by atoms with Crippen LogP contribution in [-0.2, 0) is 0 Å². The topological polar surface area (TPSA) is 51.1 Å². The van der Waals surface area contributed by atoms with Gasteiger partial charge in [-0.3, -0.25) is 4.98 Å². The fourth-order valence-electron chi connectivity index (χ4n) is 2.03. The van der Waals surface area contributed by atoms with Crippen LogP contribution in [0.2, 0.25) is 0 Å². The second-order valence-electron chi connectivity index (χ2n) is 5.07. The Kier molecular flexibility index (Phi) is 4.50. The van der Waals surface area contributed by atoms with Gasteiger partial charge < -0.3 is 9.64 Å². The zero-order valence-electron chi connectivity index (χ0n) is 12.4. The third-order valence-electron chi connectivity index (χ3n) is 2.85. The fourth-order valence-corrected chi connectivity index (χ4v) is 2.03. The molecule has 0 aromatic carbocycles. The fraction of sp³-hybridized carbons (Fsp3) is 0.400. The molecule has 0 saturated heterocycles. The van der Waals surface area contributed by atoms with E-state index < -0.39 is 0 Å². The smallest absolute Gasteiger partial charge is 0.180 e. The van der Waals surface area contributed by atoms with Crippen molar-refractivity contribution in [2.75, 3.05) is 25.6 Å². The Morgan fingerprint density at radius 1 is 1.25 bits per heavy atom. The summed E-state index contributed by atoms with van der Waals surface area (Å²) in [6.07, 6.45) is 3.43. The van der Waals surface area contributed by atoms with Crippen LogP contribution in [0.1, 0.15) is 13.8 Å². The van der Waals surface area contributed by atoms with Crippen molar-refractivity contribution in [3.8, 4) is 17.3 Å². The summed E-state index contributed by atoms with van der Waals surface area (Å²) in [5.74, 6) is 2.61. The van der Waals surface area contributed by atoms with Crippen molar-refractivity contribution in [1.29, 1.82) is 0 Å². The minimum absolute atomic E-state index is 0.540. The summed E-state index contributed by atoms with van der Waals surface area (Å²) in [4.78, 5) is 15.3. The number of nitrogens with zero attached hydrogens (tertiary/aromatic N) is 4. The van der Waals surface area contributed by atoms with Crippen LogP contribution < -0.4 is 9.64 Å². The van der Waals surface area contributed by atoms with Crippen molar-refractivity contribution in [1.82, 2.24) is 15.0 Å². The highest BCUT2D eigenvalue weighted by atomic mass is 16.5. The lowest BCUT2D eigenvalue weighted by Gasteiger charge is -2.22. The third-order valence-corrected chi connectivity index (χ3v) is 2.85. The number of methoxy groups -OCH3 is 1. The highest BCUT2D eigenvalue weighted by molar-refractivity contribution is 5.58. The Balaban J connectivity index is 2.39. The molecule has 0 spiro atoms. The maximum absolute atomic E-state index is 5.35. The Morgan fingerprint density at radius 3 is 2.65 bits per heavy atom. The van der Waals surface area contributed by atoms with Crippen LogP contribution in [0.15, 0.2) is 30.6 Å². The van der Waals surface area contributed by atoms with Crippen molar-refractivity contribution in [3.63, 3.8) is 0 Å². The van der Waals surface area contributed by atoms with Crippen molar-refractivity contribution in [2.45, 2.75) is 13.8 Å². The van der Waals surface area contributed by atoms with Gasteiger partial charge in [-0.25, -0.2) is 9.97 Å². The molecule has 0 saturated carbocycles. The van der Waals surface area contributed by atoms with Crippen molar-refractivity contribution < 1.29 is 4.74 Å². The number of hydrogen-bond acceptors (Lipinski definition) is 5. The van der Waals surface area contributed by atoms with E-state index in [4.69, 9.17) is 4.74 Å². The van der Waals surface area contributed by atoms with Crippen molar-refractivity contribution in [2.24, 2.45) is 5.92 Å². The summed E-state index contributed by atoms with van der Waals surface area (Å²) in [5, 5.41) is 0. The van der Waals surface area contributed by atoms with Gasteiger partial charge in [0.2, 0.25) is 0 Å². The molecule has 0 atom stereocenters. The zero-order chi connectivity index (χ0) is 14.5. The predicted octanol–water partition coefficient (Wildman–Crippen LogP) is 2.64. The van der Waals surface area contributed by atoms with Gasteiger partial charge in [-0.2, -0.15) is 0 Å². The van der Waals surface area contributed by atoms with Crippen LogP contribution in [0, 0.1) is 5.92 Å². The molecule has 2 aromatic rings. The predicted molar refractivity (Wildman–Crippen MR) is 79.9 cm³/mol. The van der Waals surface area contributed by atoms with E-state index >= 15 is 0 Å². The first-order chi connectivity index (χ1) is 9.61. The number of hydrogen-bond donors (Lipinski definition) is 0. The van der Waals surface area contributed by atoms with Crippen LogP contribution in [0.25, 0.3) is 11.5 Å². The van der Waals surface area contributed by atoms with Gasteiger partial charge in [0.1, 0.15) is 5.69 Å². The van der Waals surface area contributed by atoms with Gasteiger partial charge in [-0.1, -0.05) is 19.9 Å². The molecular formula is C15H20N4O. The molecule has 20 heavy (non-hydrogen) atoms. The van der Waals surface area contributed by atoms with Gasteiger partial charge in [-0.05, 0) is 18.1 Å². The monoisotopic (exact) mass is 272 g/mol. The molecular weight excluding hydrogens is 252 g/mol. The van der Waals surface area contributed by atoms with E-state index in [2.05, 4.69) is 33.7 Å². The SMILES string of the molecule is COc1cnc(-c2ccccn2)nc1N(C)CC(C)C. The number of anilines is 1. The quantitative estimate of drug-likeness (QED) is 0.837. The Hall–Kier alpha value is -2.17. The normalized spacial score (nSPS) is 10.7. The second kappa shape index (κ2) is 6.32. The molecule has 0 amide bonds. The second-order valence-corrected chi connectivity index (χ2v) is 5.07. The highest BCUT2D eigenvalue weighted by Gasteiger charge is 2.14. The Morgan fingerprint density at radius 2 is 2.05 bits per heavy atom. The lowest BCUT2D eigenvalue weighted by molar-refractivity contribution is 0.410. The van der Waals surface area contributed by atoms with Crippen LogP contribution in [0.5, 0.6) is 5.75 Å². The van der Waals surface area contributed by atoms with Crippen LogP contribution >= 0.6 is 0 Å². The largest absolute Gasteiger partial charge is 0.491 e. The van der Waals surface area contributed by atoms with E-state index in [0.29, 0.717) is 17.5 Å². The van der Waals surface area contributed by atoms with Crippen molar-refractivity contribution in [3.05, 3.63) is 30.6 Å². The highest BCUT2D eigenvalue weighted by Crippen LogP contribution is 2.26. The van der Waals surface area contributed by atoms with Crippen LogP contribution in [0.3, 0.4) is 0 Å². The molecule has 0 aliphatic rings. The van der Waals surface area contributed by atoms with E-state index in [-0.39, 0.29) is 0 Å². The molecule has 0 unspecified atom stereocenters. The van der Waals surface area contributed by atoms with Gasteiger partial charge in [0.25, 0.3) is 0 Å². The molecule has 0 aliphatic heterocycles. The first-order valence-electron chi connectivity index (χ1n) is 6.65. The van der Waals surface area contributed by atoms with Crippen molar-refractivity contribution >= 4 is 5.82 Å². The molecule has 5 nitrogen and oxygen atoms in total. The summed E-state index contributed by atoms with van der Waals surface area (Å²) in [6, 6.07) is 5.69. The number of rotatable bonds is 5. The average Bonchev–Trinajstić information content (AvgIpc) is 2.46. The molecule has 2 aromatic heterocycles. The summed E-state index contributed by atoms with van der Waals surface area (Å²) < 4.78 is 5.35. The molecule has 0 radical (unpaired) electrons. The lowest BCUT2D eigenvalue weighted by Crippen LogP contribution is -2.24. The molecule has 0 aliphatic carbocycles. The van der Waals surface area contributed by atoms with E-state index in [9.17, 15) is 0 Å². The Bertz CT molecular complexity index is 557. The minimum atomic E-state index is 0.540. The van der Waals surface area contributed by atoms with Gasteiger partial charge >= 0.3 is 0 Å². The lowest BCUT2D eigenvalue weighted by atomic mass is 10.2. The number of pyridine rings is 1. The summed E-state index contributed by atoms with van der Waals surface area (Å²) in [5.41, 5.74) is 0.759. The first kappa shape index (κ1) is 14.2. The van der Waals surface area contributed by atoms with Crippen LogP contribution in [0.4, 0.5) is 5.82 Å². The summed E-state index contributed by atoms with van der Waals surface area (Å²) in [7, 11) is 3.64. The van der Waals surface area contributed by atoms with Gasteiger partial charge in [0.05, 0.1) is 13.3 Å². The summed E-state index contributed by atoms with van der Waals surface area (Å²) >= 11 is 0. The maximum atomic E-state index is 5.35. The maximum Gasteiger partial charge on any atom is 0.180 e. The standard InChI is InChI=1S/C15H20N4O/c1-11(2)10-19(3)15-13(20-4)9-17-14(18-15)12-7-5-6-8-16-12/h5-9,11H,10H2,1-4H3. The molecule has 0 N–H and O–H groups in total. The van der Waals surface area contributed by atoms with E-state index in [1.54, 1.807) is 19.5 Å². The van der Waals surface area contributed by atoms with E-state index in [1.807, 2.05) is 25.2 Å². The molecule has 5 heteroatoms. The molecule has 0 bridgehead atoms.